The Hall–Kier alpha value is -0.500. The van der Waals surface area contributed by atoms with E-state index in [9.17, 15) is 4.79 Å². The van der Waals surface area contributed by atoms with Crippen LogP contribution in [-0.4, -0.2) is 12.6 Å². The fourth-order valence-corrected chi connectivity index (χ4v) is 1.99. The average molecular weight is 288 g/mol. The minimum atomic E-state index is -0.496. The van der Waals surface area contributed by atoms with Crippen LogP contribution in [0, 0.1) is 6.92 Å². The molecule has 0 aliphatic heterocycles. The van der Waals surface area contributed by atoms with E-state index >= 15 is 0 Å². The SMILES string of the molecule is [CH2]CCCCCCCCCCCCOC(=O)C(=C)Cl. The van der Waals surface area contributed by atoms with Crippen molar-refractivity contribution in [1.82, 2.24) is 0 Å². The molecule has 0 amide bonds. The summed E-state index contributed by atoms with van der Waals surface area (Å²) in [6, 6.07) is 0. The molecule has 0 N–H and O–H groups in total. The minimum absolute atomic E-state index is 0.0427. The molecule has 0 rings (SSSR count). The van der Waals surface area contributed by atoms with Gasteiger partial charge in [-0.3, -0.25) is 0 Å². The maximum Gasteiger partial charge on any atom is 0.349 e. The van der Waals surface area contributed by atoms with Crippen LogP contribution in [0.4, 0.5) is 0 Å². The summed E-state index contributed by atoms with van der Waals surface area (Å²) in [7, 11) is 0. The molecule has 0 aromatic carbocycles. The zero-order valence-electron chi connectivity index (χ0n) is 12.1. The summed E-state index contributed by atoms with van der Waals surface area (Å²) in [5.74, 6) is -0.496. The molecule has 111 valence electrons. The maximum atomic E-state index is 11.0. The van der Waals surface area contributed by atoms with Crippen molar-refractivity contribution in [3.05, 3.63) is 18.5 Å². The smallest absolute Gasteiger partial charge is 0.349 e. The van der Waals surface area contributed by atoms with Crippen molar-refractivity contribution in [2.45, 2.75) is 70.6 Å². The lowest BCUT2D eigenvalue weighted by atomic mass is 10.1. The number of carbonyl (C=O) groups excluding carboxylic acids is 1. The monoisotopic (exact) mass is 287 g/mol. The maximum absolute atomic E-state index is 11.0. The Kier molecular flexibility index (Phi) is 13.6. The van der Waals surface area contributed by atoms with E-state index in [2.05, 4.69) is 13.5 Å². The van der Waals surface area contributed by atoms with Gasteiger partial charge >= 0.3 is 5.97 Å². The third-order valence-corrected chi connectivity index (χ3v) is 3.25. The van der Waals surface area contributed by atoms with Crippen molar-refractivity contribution in [3.8, 4) is 0 Å². The molecule has 3 heteroatoms. The molecule has 0 unspecified atom stereocenters. The normalized spacial score (nSPS) is 10.4. The molecular formula is C16H28ClO2. The third-order valence-electron chi connectivity index (χ3n) is 3.10. The Morgan fingerprint density at radius 2 is 1.26 bits per heavy atom. The molecule has 0 spiro atoms. The predicted octanol–water partition coefficient (Wildman–Crippen LogP) is 5.41. The lowest BCUT2D eigenvalue weighted by molar-refractivity contribution is -0.138. The second kappa shape index (κ2) is 13.9. The van der Waals surface area contributed by atoms with Gasteiger partial charge in [0.2, 0.25) is 0 Å². The largest absolute Gasteiger partial charge is 0.461 e. The van der Waals surface area contributed by atoms with Crippen molar-refractivity contribution in [1.29, 1.82) is 0 Å². The van der Waals surface area contributed by atoms with Crippen LogP contribution in [0.3, 0.4) is 0 Å². The topological polar surface area (TPSA) is 26.3 Å². The van der Waals surface area contributed by atoms with E-state index in [1.165, 1.54) is 51.4 Å². The summed E-state index contributed by atoms with van der Waals surface area (Å²) < 4.78 is 4.91. The van der Waals surface area contributed by atoms with Gasteiger partial charge in [0, 0.05) is 0 Å². The van der Waals surface area contributed by atoms with E-state index in [1.807, 2.05) is 0 Å². The van der Waals surface area contributed by atoms with Crippen LogP contribution in [0.15, 0.2) is 11.6 Å². The van der Waals surface area contributed by atoms with Gasteiger partial charge in [0.1, 0.15) is 5.03 Å². The summed E-state index contributed by atoms with van der Waals surface area (Å²) in [5, 5.41) is -0.0427. The number of halogens is 1. The Morgan fingerprint density at radius 1 is 0.842 bits per heavy atom. The zero-order chi connectivity index (χ0) is 14.3. The van der Waals surface area contributed by atoms with Gasteiger partial charge in [0.15, 0.2) is 0 Å². The number of hydrogen-bond acceptors (Lipinski definition) is 2. The molecule has 0 aliphatic rings. The number of ether oxygens (including phenoxy) is 1. The Labute approximate surface area is 123 Å². The number of esters is 1. The number of carbonyl (C=O) groups is 1. The molecular weight excluding hydrogens is 260 g/mol. The van der Waals surface area contributed by atoms with Crippen LogP contribution in [0.2, 0.25) is 0 Å². The second-order valence-corrected chi connectivity index (χ2v) is 5.39. The van der Waals surface area contributed by atoms with Crippen LogP contribution in [-0.2, 0) is 9.53 Å². The van der Waals surface area contributed by atoms with Gasteiger partial charge in [-0.15, -0.1) is 0 Å². The fourth-order valence-electron chi connectivity index (χ4n) is 1.94. The van der Waals surface area contributed by atoms with E-state index in [1.54, 1.807) is 0 Å². The fraction of sp³-hybridized carbons (Fsp3) is 0.750. The lowest BCUT2D eigenvalue weighted by Gasteiger charge is -2.04. The van der Waals surface area contributed by atoms with Crippen molar-refractivity contribution in [2.75, 3.05) is 6.61 Å². The molecule has 0 bridgehead atoms. The van der Waals surface area contributed by atoms with Crippen LogP contribution < -0.4 is 0 Å². The van der Waals surface area contributed by atoms with E-state index in [-0.39, 0.29) is 5.03 Å². The van der Waals surface area contributed by atoms with Gasteiger partial charge < -0.3 is 4.74 Å². The summed E-state index contributed by atoms with van der Waals surface area (Å²) in [6.45, 7) is 7.62. The van der Waals surface area contributed by atoms with Gasteiger partial charge in [-0.1, -0.05) is 89.3 Å². The second-order valence-electron chi connectivity index (χ2n) is 4.93. The first-order chi connectivity index (χ1) is 9.18. The molecule has 0 saturated carbocycles. The standard InChI is InChI=1S/C16H28ClO2/c1-3-4-5-6-7-8-9-10-11-12-13-14-19-16(18)15(2)17/h1-14H2. The molecule has 0 saturated heterocycles. The van der Waals surface area contributed by atoms with E-state index in [0.717, 1.165) is 19.3 Å². The van der Waals surface area contributed by atoms with Gasteiger partial charge in [0.25, 0.3) is 0 Å². The van der Waals surface area contributed by atoms with Crippen molar-refractivity contribution < 1.29 is 9.53 Å². The van der Waals surface area contributed by atoms with Gasteiger partial charge in [0.05, 0.1) is 6.61 Å². The molecule has 0 fully saturated rings. The first-order valence-corrected chi connectivity index (χ1v) is 7.87. The van der Waals surface area contributed by atoms with Gasteiger partial charge in [-0.25, -0.2) is 4.79 Å². The first kappa shape index (κ1) is 18.5. The highest BCUT2D eigenvalue weighted by Gasteiger charge is 2.03. The summed E-state index contributed by atoms with van der Waals surface area (Å²) in [6.07, 6.45) is 13.6. The van der Waals surface area contributed by atoms with Crippen molar-refractivity contribution in [3.63, 3.8) is 0 Å². The van der Waals surface area contributed by atoms with Crippen LogP contribution in [0.25, 0.3) is 0 Å². The molecule has 1 radical (unpaired) electrons. The molecule has 2 nitrogen and oxygen atoms in total. The highest BCUT2D eigenvalue weighted by atomic mass is 35.5. The van der Waals surface area contributed by atoms with Crippen LogP contribution >= 0.6 is 11.6 Å². The zero-order valence-corrected chi connectivity index (χ0v) is 12.8. The molecule has 0 aromatic rings. The average Bonchev–Trinajstić information content (AvgIpc) is 2.39. The highest BCUT2D eigenvalue weighted by Crippen LogP contribution is 2.11. The summed E-state index contributed by atoms with van der Waals surface area (Å²) >= 11 is 5.40. The first-order valence-electron chi connectivity index (χ1n) is 7.49. The Balaban J connectivity index is 3.07. The van der Waals surface area contributed by atoms with E-state index < -0.39 is 5.97 Å². The Morgan fingerprint density at radius 3 is 1.68 bits per heavy atom. The molecule has 0 aromatic heterocycles. The van der Waals surface area contributed by atoms with Crippen LogP contribution in [0.5, 0.6) is 0 Å². The van der Waals surface area contributed by atoms with Crippen molar-refractivity contribution in [2.24, 2.45) is 0 Å². The third kappa shape index (κ3) is 13.7. The lowest BCUT2D eigenvalue weighted by Crippen LogP contribution is -2.04. The molecule has 0 atom stereocenters. The Bertz CT molecular complexity index is 239. The quantitative estimate of drug-likeness (QED) is 0.257. The summed E-state index contributed by atoms with van der Waals surface area (Å²) in [4.78, 5) is 11.0. The number of unbranched alkanes of at least 4 members (excludes halogenated alkanes) is 10. The van der Waals surface area contributed by atoms with E-state index in [4.69, 9.17) is 16.3 Å². The minimum Gasteiger partial charge on any atom is -0.461 e. The predicted molar refractivity (Wildman–Crippen MR) is 82.1 cm³/mol. The molecule has 0 aliphatic carbocycles. The number of hydrogen-bond donors (Lipinski definition) is 0. The highest BCUT2D eigenvalue weighted by molar-refractivity contribution is 6.40. The van der Waals surface area contributed by atoms with Crippen molar-refractivity contribution >= 4 is 17.6 Å². The van der Waals surface area contributed by atoms with Gasteiger partial charge in [-0.2, -0.15) is 0 Å². The van der Waals surface area contributed by atoms with Crippen LogP contribution in [0.1, 0.15) is 70.6 Å². The molecule has 0 heterocycles. The van der Waals surface area contributed by atoms with Gasteiger partial charge in [-0.05, 0) is 6.42 Å². The molecule has 19 heavy (non-hydrogen) atoms. The number of rotatable bonds is 13. The summed E-state index contributed by atoms with van der Waals surface area (Å²) in [5.41, 5.74) is 0. The van der Waals surface area contributed by atoms with E-state index in [0.29, 0.717) is 6.61 Å².